The van der Waals surface area contributed by atoms with E-state index in [9.17, 15) is 32.4 Å². The first-order valence-electron chi connectivity index (χ1n) is 23.0. The van der Waals surface area contributed by atoms with Crippen LogP contribution in [-0.4, -0.2) is 173 Å². The number of ether oxygens (including phenoxy) is 6. The third-order valence-corrected chi connectivity index (χ3v) is 13.6. The number of aromatic nitrogens is 4. The third kappa shape index (κ3) is 12.4. The van der Waals surface area contributed by atoms with Gasteiger partial charge in [-0.3, -0.25) is 48.9 Å². The number of halogens is 1. The Kier molecular flexibility index (Phi) is 16.9. The van der Waals surface area contributed by atoms with Crippen LogP contribution in [0.2, 0.25) is 5.02 Å². The SMILES string of the molecule is COc1ccc(Cl)c(S(=O)(=O)Nc2ccc(-c3nc(OCC4CN(CCOCCOCCOCC(=O)NCCNc5cccc6c5C(=O)N(C5CCC(=O)NC5=O)C6=O)CCO4)c4c(C)[nH]nc4n3)cc2)c1. The zero-order chi connectivity index (χ0) is 50.8. The number of hydrogen-bond acceptors (Lipinski definition) is 18. The number of sulfonamides is 1. The van der Waals surface area contributed by atoms with E-state index in [1.54, 1.807) is 42.5 Å². The summed E-state index contributed by atoms with van der Waals surface area (Å²) in [5.41, 5.74) is 2.74. The number of morpholine rings is 1. The summed E-state index contributed by atoms with van der Waals surface area (Å²) < 4.78 is 63.1. The number of aryl methyl sites for hydroxylation is 1. The summed E-state index contributed by atoms with van der Waals surface area (Å²) in [6.07, 6.45) is -0.160. The smallest absolute Gasteiger partial charge is 0.264 e. The summed E-state index contributed by atoms with van der Waals surface area (Å²) in [7, 11) is -2.59. The van der Waals surface area contributed by atoms with Gasteiger partial charge in [-0.25, -0.2) is 13.4 Å². The number of fused-ring (bicyclic) bond motifs is 2. The Morgan fingerprint density at radius 1 is 0.944 bits per heavy atom. The normalized spacial score (nSPS) is 17.2. The molecule has 2 unspecified atom stereocenters. The summed E-state index contributed by atoms with van der Waals surface area (Å²) in [5, 5.41) is 16.0. The average Bonchev–Trinajstić information content (AvgIpc) is 3.87. The molecule has 3 aliphatic rings. The van der Waals surface area contributed by atoms with Gasteiger partial charge < -0.3 is 39.1 Å². The highest BCUT2D eigenvalue weighted by molar-refractivity contribution is 7.92. The van der Waals surface area contributed by atoms with Crippen molar-refractivity contribution in [3.05, 3.63) is 82.5 Å². The van der Waals surface area contributed by atoms with Crippen molar-refractivity contribution in [1.82, 2.24) is 40.6 Å². The Hall–Kier alpha value is -6.80. The van der Waals surface area contributed by atoms with Crippen LogP contribution in [-0.2, 0) is 43.4 Å². The van der Waals surface area contributed by atoms with Crippen LogP contribution in [0.5, 0.6) is 11.6 Å². The Morgan fingerprint density at radius 3 is 2.50 bits per heavy atom. The van der Waals surface area contributed by atoms with E-state index in [0.717, 1.165) is 17.1 Å². The molecule has 3 aliphatic heterocycles. The zero-order valence-electron chi connectivity index (χ0n) is 39.4. The van der Waals surface area contributed by atoms with Crippen LogP contribution in [0, 0.1) is 6.92 Å². The van der Waals surface area contributed by atoms with Crippen LogP contribution >= 0.6 is 11.6 Å². The van der Waals surface area contributed by atoms with E-state index in [0.29, 0.717) is 84.9 Å². The molecule has 2 aromatic heterocycles. The van der Waals surface area contributed by atoms with Gasteiger partial charge in [0.05, 0.1) is 62.9 Å². The van der Waals surface area contributed by atoms with E-state index in [1.165, 1.54) is 25.3 Å². The van der Waals surface area contributed by atoms with E-state index < -0.39 is 39.7 Å². The predicted octanol–water partition coefficient (Wildman–Crippen LogP) is 2.55. The fourth-order valence-corrected chi connectivity index (χ4v) is 9.72. The number of amides is 5. The number of aromatic amines is 1. The standard InChI is InChI=1S/C47H53ClN10O13S/c1-28-40-43(55-54-28)52-42(29-6-8-30(9-7-29)56-72(64,65)37-24-31(66-2)10-11-34(37)48)53-45(40)71-26-32-25-57(17-19-70-32)16-18-67-20-21-68-22-23-69-27-39(60)50-15-14-49-35-5-3-4-33-41(35)47(63)58(46(33)62)36-12-13-38(59)51-44(36)61/h3-11,24,32,36,49,56H,12-23,25-27H2,1-2H3,(H,50,60)(H,51,59,61)(H,52,53,54,55). The van der Waals surface area contributed by atoms with Gasteiger partial charge >= 0.3 is 0 Å². The zero-order valence-corrected chi connectivity index (χ0v) is 40.9. The minimum absolute atomic E-state index is 0.0268. The summed E-state index contributed by atoms with van der Waals surface area (Å²) in [6, 6.07) is 14.6. The molecule has 72 heavy (non-hydrogen) atoms. The summed E-state index contributed by atoms with van der Waals surface area (Å²) in [5.74, 6) is -1.68. The number of benzene rings is 3. The number of nitrogens with one attached hydrogen (secondary N) is 5. The van der Waals surface area contributed by atoms with E-state index in [2.05, 4.69) is 40.8 Å². The van der Waals surface area contributed by atoms with Crippen molar-refractivity contribution >= 4 is 73.6 Å². The fourth-order valence-electron chi connectivity index (χ4n) is 8.15. The van der Waals surface area contributed by atoms with Crippen molar-refractivity contribution < 1.29 is 60.8 Å². The highest BCUT2D eigenvalue weighted by atomic mass is 35.5. The molecule has 5 amide bonds. The molecule has 5 heterocycles. The first kappa shape index (κ1) is 51.6. The van der Waals surface area contributed by atoms with Crippen LogP contribution in [0.25, 0.3) is 22.4 Å². The maximum absolute atomic E-state index is 13.3. The molecular formula is C47H53ClN10O13S. The van der Waals surface area contributed by atoms with Crippen molar-refractivity contribution in [2.24, 2.45) is 0 Å². The third-order valence-electron chi connectivity index (χ3n) is 11.8. The molecule has 23 nitrogen and oxygen atoms in total. The lowest BCUT2D eigenvalue weighted by Crippen LogP contribution is -2.54. The van der Waals surface area contributed by atoms with E-state index in [-0.39, 0.29) is 85.4 Å². The van der Waals surface area contributed by atoms with E-state index in [1.807, 2.05) is 6.92 Å². The van der Waals surface area contributed by atoms with Crippen molar-refractivity contribution in [2.75, 3.05) is 103 Å². The monoisotopic (exact) mass is 1030 g/mol. The minimum Gasteiger partial charge on any atom is -0.497 e. The van der Waals surface area contributed by atoms with Crippen LogP contribution < -0.4 is 30.1 Å². The van der Waals surface area contributed by atoms with Gasteiger partial charge in [0.15, 0.2) is 11.5 Å². The van der Waals surface area contributed by atoms with E-state index in [4.69, 9.17) is 45.0 Å². The first-order chi connectivity index (χ1) is 34.8. The molecule has 0 saturated carbocycles. The molecule has 0 radical (unpaired) electrons. The summed E-state index contributed by atoms with van der Waals surface area (Å²) in [4.78, 5) is 75.0. The second-order valence-electron chi connectivity index (χ2n) is 16.7. The van der Waals surface area contributed by atoms with Gasteiger partial charge in [0.1, 0.15) is 41.4 Å². The molecule has 382 valence electrons. The van der Waals surface area contributed by atoms with Gasteiger partial charge in [-0.1, -0.05) is 17.7 Å². The molecule has 3 aromatic carbocycles. The van der Waals surface area contributed by atoms with Crippen LogP contribution in [0.4, 0.5) is 11.4 Å². The van der Waals surface area contributed by atoms with Crippen LogP contribution in [0.15, 0.2) is 65.6 Å². The number of piperidine rings is 1. The number of H-pyrrole nitrogens is 1. The maximum atomic E-state index is 13.3. The van der Waals surface area contributed by atoms with Crippen molar-refractivity contribution in [3.63, 3.8) is 0 Å². The number of rotatable bonds is 24. The van der Waals surface area contributed by atoms with Crippen LogP contribution in [0.3, 0.4) is 0 Å². The predicted molar refractivity (Wildman–Crippen MR) is 259 cm³/mol. The molecule has 0 aliphatic carbocycles. The number of carbonyl (C=O) groups excluding carboxylic acids is 5. The van der Waals surface area contributed by atoms with Gasteiger partial charge in [0.2, 0.25) is 23.6 Å². The average molecular weight is 1030 g/mol. The number of imide groups is 2. The van der Waals surface area contributed by atoms with Gasteiger partial charge in [-0.05, 0) is 61.9 Å². The quantitative estimate of drug-likeness (QED) is 0.0439. The second-order valence-corrected chi connectivity index (χ2v) is 18.8. The Balaban J connectivity index is 0.692. The number of carbonyl (C=O) groups is 5. The highest BCUT2D eigenvalue weighted by Crippen LogP contribution is 2.33. The Bertz CT molecular complexity index is 2920. The Morgan fingerprint density at radius 2 is 1.72 bits per heavy atom. The number of nitrogens with zero attached hydrogens (tertiary/aromatic N) is 5. The molecule has 0 spiro atoms. The Labute approximate surface area is 418 Å². The molecular weight excluding hydrogens is 980 g/mol. The minimum atomic E-state index is -4.03. The van der Waals surface area contributed by atoms with Crippen molar-refractivity contribution in [2.45, 2.75) is 36.8 Å². The van der Waals surface area contributed by atoms with Gasteiger partial charge in [-0.2, -0.15) is 10.1 Å². The molecule has 2 fully saturated rings. The number of methoxy groups -OCH3 is 1. The maximum Gasteiger partial charge on any atom is 0.264 e. The summed E-state index contributed by atoms with van der Waals surface area (Å²) >= 11 is 6.20. The van der Waals surface area contributed by atoms with Gasteiger partial charge in [0, 0.05) is 67.8 Å². The summed E-state index contributed by atoms with van der Waals surface area (Å²) in [6.45, 7) is 6.51. The molecule has 5 N–H and O–H groups in total. The van der Waals surface area contributed by atoms with E-state index >= 15 is 0 Å². The van der Waals surface area contributed by atoms with Gasteiger partial charge in [-0.15, -0.1) is 0 Å². The molecule has 2 saturated heterocycles. The molecule has 25 heteroatoms. The topological polar surface area (TPSA) is 284 Å². The molecule has 0 bridgehead atoms. The highest BCUT2D eigenvalue weighted by Gasteiger charge is 2.45. The molecule has 8 rings (SSSR count). The lowest BCUT2D eigenvalue weighted by atomic mass is 10.0. The van der Waals surface area contributed by atoms with Crippen molar-refractivity contribution in [3.8, 4) is 23.0 Å². The largest absolute Gasteiger partial charge is 0.497 e. The lowest BCUT2D eigenvalue weighted by molar-refractivity contribution is -0.136. The van der Waals surface area contributed by atoms with Gasteiger partial charge in [0.25, 0.3) is 21.8 Å². The second kappa shape index (κ2) is 23.6. The molecule has 5 aromatic rings. The first-order valence-corrected chi connectivity index (χ1v) is 24.9. The molecule has 2 atom stereocenters. The fraction of sp³-hybridized carbons (Fsp3) is 0.404. The number of anilines is 2. The van der Waals surface area contributed by atoms with Crippen molar-refractivity contribution in [1.29, 1.82) is 0 Å². The number of hydrogen-bond donors (Lipinski definition) is 5. The van der Waals surface area contributed by atoms with Crippen LogP contribution in [0.1, 0.15) is 39.3 Å². The lowest BCUT2D eigenvalue weighted by Gasteiger charge is -2.32.